The van der Waals surface area contributed by atoms with E-state index in [4.69, 9.17) is 4.74 Å². The molecule has 1 aliphatic heterocycles. The van der Waals surface area contributed by atoms with Crippen LogP contribution >= 0.6 is 0 Å². The maximum Gasteiger partial charge on any atom is 0.271 e. The van der Waals surface area contributed by atoms with Gasteiger partial charge >= 0.3 is 0 Å². The van der Waals surface area contributed by atoms with Crippen molar-refractivity contribution >= 4 is 11.6 Å². The maximum absolute atomic E-state index is 12.2. The van der Waals surface area contributed by atoms with E-state index in [1.165, 1.54) is 16.7 Å². The van der Waals surface area contributed by atoms with Crippen molar-refractivity contribution < 1.29 is 9.53 Å². The number of aromatic nitrogens is 1. The van der Waals surface area contributed by atoms with Gasteiger partial charge in [0.25, 0.3) is 11.5 Å². The molecule has 2 N–H and O–H groups in total. The van der Waals surface area contributed by atoms with Crippen LogP contribution in [0.3, 0.4) is 0 Å². The molecule has 2 heterocycles. The number of benzene rings is 1. The number of hydrogen-bond acceptors (Lipinski definition) is 4. The molecular weight excluding hydrogens is 294 g/mol. The summed E-state index contributed by atoms with van der Waals surface area (Å²) in [6.45, 7) is 0.933. The van der Waals surface area contributed by atoms with Gasteiger partial charge in [0.2, 0.25) is 0 Å². The normalized spacial score (nSPS) is 16.1. The summed E-state index contributed by atoms with van der Waals surface area (Å²) < 4.78 is 7.20. The van der Waals surface area contributed by atoms with Crippen LogP contribution in [0, 0.1) is 0 Å². The predicted octanol–water partition coefficient (Wildman–Crippen LogP) is 1.94. The van der Waals surface area contributed by atoms with Gasteiger partial charge in [-0.1, -0.05) is 24.3 Å². The first-order valence-electron chi connectivity index (χ1n) is 7.38. The molecule has 1 aromatic carbocycles. The number of nitrogens with one attached hydrogen (secondary N) is 2. The molecule has 23 heavy (non-hydrogen) atoms. The quantitative estimate of drug-likeness (QED) is 0.729. The summed E-state index contributed by atoms with van der Waals surface area (Å²) in [5.74, 6) is 0.345. The lowest BCUT2D eigenvalue weighted by atomic mass is 10.2. The molecule has 118 valence electrons. The number of allylic oxidation sites excluding steroid dienone is 1. The average molecular weight is 311 g/mol. The van der Waals surface area contributed by atoms with Gasteiger partial charge in [0.05, 0.1) is 17.9 Å². The van der Waals surface area contributed by atoms with Crippen LogP contribution in [0.4, 0.5) is 5.69 Å². The fourth-order valence-electron chi connectivity index (χ4n) is 2.24. The van der Waals surface area contributed by atoms with E-state index in [0.29, 0.717) is 30.2 Å². The Morgan fingerprint density at radius 2 is 1.87 bits per heavy atom. The first kappa shape index (κ1) is 14.9. The van der Waals surface area contributed by atoms with Crippen molar-refractivity contribution in [1.82, 2.24) is 9.99 Å². The molecular formula is C17H17N3O3. The highest BCUT2D eigenvalue weighted by Gasteiger charge is 2.09. The number of fused-ring (bicyclic) bond motifs is 3. The van der Waals surface area contributed by atoms with E-state index in [2.05, 4.69) is 10.9 Å². The van der Waals surface area contributed by atoms with Crippen LogP contribution in [0.25, 0.3) is 0 Å². The largest absolute Gasteiger partial charge is 0.491 e. The molecule has 1 amide bonds. The summed E-state index contributed by atoms with van der Waals surface area (Å²) in [5, 5.41) is 0. The lowest BCUT2D eigenvalue weighted by molar-refractivity contribution is 0.0961. The zero-order valence-corrected chi connectivity index (χ0v) is 12.5. The van der Waals surface area contributed by atoms with Crippen LogP contribution in [0.15, 0.2) is 59.5 Å². The second-order valence-electron chi connectivity index (χ2n) is 5.09. The number of rotatable bonds is 0. The van der Waals surface area contributed by atoms with Crippen molar-refractivity contribution in [3.8, 4) is 5.75 Å². The first-order valence-corrected chi connectivity index (χ1v) is 7.38. The van der Waals surface area contributed by atoms with Gasteiger partial charge in [0.15, 0.2) is 0 Å². The summed E-state index contributed by atoms with van der Waals surface area (Å²) in [4.78, 5) is 24.0. The average Bonchev–Trinajstić information content (AvgIpc) is 2.57. The smallest absolute Gasteiger partial charge is 0.271 e. The molecule has 2 bridgehead atoms. The fraction of sp³-hybridized carbons (Fsp3) is 0.176. The van der Waals surface area contributed by atoms with Gasteiger partial charge in [-0.25, -0.2) is 0 Å². The Morgan fingerprint density at radius 1 is 1.00 bits per heavy atom. The zero-order chi connectivity index (χ0) is 16.1. The van der Waals surface area contributed by atoms with Gasteiger partial charge in [-0.15, -0.1) is 0 Å². The van der Waals surface area contributed by atoms with Crippen LogP contribution in [-0.4, -0.2) is 17.1 Å². The van der Waals surface area contributed by atoms with Crippen molar-refractivity contribution in [3.05, 3.63) is 70.7 Å². The minimum absolute atomic E-state index is 0.146. The lowest BCUT2D eigenvalue weighted by Gasteiger charge is -2.14. The molecule has 0 spiro atoms. The van der Waals surface area contributed by atoms with Crippen LogP contribution in [0.5, 0.6) is 5.75 Å². The van der Waals surface area contributed by atoms with Crippen molar-refractivity contribution in [1.29, 1.82) is 0 Å². The third kappa shape index (κ3) is 3.60. The van der Waals surface area contributed by atoms with Gasteiger partial charge in [-0.2, -0.15) is 0 Å². The van der Waals surface area contributed by atoms with E-state index in [0.717, 1.165) is 6.42 Å². The third-order valence-electron chi connectivity index (χ3n) is 3.45. The summed E-state index contributed by atoms with van der Waals surface area (Å²) in [7, 11) is 0. The summed E-state index contributed by atoms with van der Waals surface area (Å²) in [5.41, 5.74) is 6.41. The van der Waals surface area contributed by atoms with E-state index >= 15 is 0 Å². The number of pyridine rings is 1. The number of para-hydroxylation sites is 2. The Hall–Kier alpha value is -3.02. The Kier molecular flexibility index (Phi) is 4.42. The molecule has 0 atom stereocenters. The lowest BCUT2D eigenvalue weighted by Crippen LogP contribution is -2.31. The molecule has 0 unspecified atom stereocenters. The van der Waals surface area contributed by atoms with Crippen molar-refractivity contribution in [3.63, 3.8) is 0 Å². The van der Waals surface area contributed by atoms with Gasteiger partial charge in [-0.3, -0.25) is 20.4 Å². The molecule has 1 aromatic heterocycles. The van der Waals surface area contributed by atoms with Crippen LogP contribution in [0.1, 0.15) is 16.8 Å². The molecule has 0 saturated carbocycles. The number of ether oxygens (including phenoxy) is 1. The van der Waals surface area contributed by atoms with E-state index in [1.807, 2.05) is 36.4 Å². The topological polar surface area (TPSA) is 72.4 Å². The zero-order valence-electron chi connectivity index (χ0n) is 12.5. The van der Waals surface area contributed by atoms with Crippen molar-refractivity contribution in [2.24, 2.45) is 0 Å². The molecule has 6 nitrogen and oxygen atoms in total. The second kappa shape index (κ2) is 6.83. The van der Waals surface area contributed by atoms with Crippen LogP contribution in [0.2, 0.25) is 0 Å². The maximum atomic E-state index is 12.2. The predicted molar refractivity (Wildman–Crippen MR) is 87.5 cm³/mol. The standard InChI is InChI=1S/C17H17N3O3/c21-16-9-8-13-12-20(16)10-4-1-5-11-23-15-7-3-2-6-14(15)18-19-17(13)22/h1-4,6-9,12,18H,5,10-11H2,(H,19,22)/b4-1+. The minimum atomic E-state index is -0.324. The Bertz CT molecular complexity index is 796. The first-order chi connectivity index (χ1) is 11.2. The monoisotopic (exact) mass is 311 g/mol. The Balaban J connectivity index is 1.91. The molecule has 3 rings (SSSR count). The third-order valence-corrected chi connectivity index (χ3v) is 3.45. The van der Waals surface area contributed by atoms with E-state index in [-0.39, 0.29) is 11.5 Å². The molecule has 2 aromatic rings. The number of hydrazine groups is 1. The molecule has 0 saturated heterocycles. The highest BCUT2D eigenvalue weighted by molar-refractivity contribution is 5.94. The Labute approximate surface area is 133 Å². The number of nitrogens with zero attached hydrogens (tertiary/aromatic N) is 1. The minimum Gasteiger partial charge on any atom is -0.491 e. The van der Waals surface area contributed by atoms with Gasteiger partial charge in [0.1, 0.15) is 5.75 Å². The number of carbonyl (C=O) groups is 1. The second-order valence-corrected chi connectivity index (χ2v) is 5.09. The summed E-state index contributed by atoms with van der Waals surface area (Å²) in [6.07, 6.45) is 6.14. The number of hydrogen-bond donors (Lipinski definition) is 2. The number of carbonyl (C=O) groups excluding carboxylic acids is 1. The van der Waals surface area contributed by atoms with Gasteiger partial charge < -0.3 is 9.30 Å². The highest BCUT2D eigenvalue weighted by atomic mass is 16.5. The number of amides is 1. The molecule has 1 aliphatic rings. The highest BCUT2D eigenvalue weighted by Crippen LogP contribution is 2.23. The Morgan fingerprint density at radius 3 is 2.78 bits per heavy atom. The molecule has 0 aliphatic carbocycles. The van der Waals surface area contributed by atoms with Crippen molar-refractivity contribution in [2.45, 2.75) is 13.0 Å². The van der Waals surface area contributed by atoms with Crippen LogP contribution < -0.4 is 21.1 Å². The molecule has 0 fully saturated rings. The van der Waals surface area contributed by atoms with E-state index in [9.17, 15) is 9.59 Å². The van der Waals surface area contributed by atoms with E-state index in [1.54, 1.807) is 6.20 Å². The number of anilines is 1. The van der Waals surface area contributed by atoms with E-state index < -0.39 is 0 Å². The van der Waals surface area contributed by atoms with Gasteiger partial charge in [0, 0.05) is 18.8 Å². The molecule has 6 heteroatoms. The SMILES string of the molecule is O=C1NNc2ccccc2OCC/C=C/Cn2cc1ccc2=O. The summed E-state index contributed by atoms with van der Waals surface area (Å²) >= 11 is 0. The fourth-order valence-corrected chi connectivity index (χ4v) is 2.24. The van der Waals surface area contributed by atoms with Gasteiger partial charge in [-0.05, 0) is 24.6 Å². The molecule has 0 radical (unpaired) electrons. The van der Waals surface area contributed by atoms with Crippen molar-refractivity contribution in [2.75, 3.05) is 12.0 Å². The van der Waals surface area contributed by atoms with Crippen LogP contribution in [-0.2, 0) is 6.54 Å². The summed E-state index contributed by atoms with van der Waals surface area (Å²) in [6, 6.07) is 10.3.